The van der Waals surface area contributed by atoms with Gasteiger partial charge in [-0.3, -0.25) is 0 Å². The lowest BCUT2D eigenvalue weighted by Gasteiger charge is -2.14. The molecule has 2 aromatic rings. The van der Waals surface area contributed by atoms with Crippen LogP contribution in [-0.2, 0) is 6.61 Å². The number of nitrogens with one attached hydrogen (secondary N) is 1. The second-order valence-corrected chi connectivity index (χ2v) is 5.26. The lowest BCUT2D eigenvalue weighted by Crippen LogP contribution is -2.17. The van der Waals surface area contributed by atoms with Crippen molar-refractivity contribution in [3.05, 3.63) is 64.4 Å². The Bertz CT molecular complexity index is 603. The highest BCUT2D eigenvalue weighted by atomic mass is 35.5. The second-order valence-electron chi connectivity index (χ2n) is 4.85. The Balaban J connectivity index is 2.06. The van der Waals surface area contributed by atoms with Gasteiger partial charge in [-0.25, -0.2) is 4.39 Å². The summed E-state index contributed by atoms with van der Waals surface area (Å²) in [7, 11) is 0. The van der Waals surface area contributed by atoms with E-state index in [9.17, 15) is 4.39 Å². The van der Waals surface area contributed by atoms with Gasteiger partial charge in [0.2, 0.25) is 0 Å². The average molecular weight is 308 g/mol. The van der Waals surface area contributed by atoms with Gasteiger partial charge in [0.1, 0.15) is 6.61 Å². The highest BCUT2D eigenvalue weighted by Crippen LogP contribution is 2.24. The molecule has 0 saturated carbocycles. The fraction of sp³-hybridized carbons (Fsp3) is 0.294. The molecule has 0 spiro atoms. The third-order valence-electron chi connectivity index (χ3n) is 3.31. The van der Waals surface area contributed by atoms with Crippen LogP contribution in [0.15, 0.2) is 42.5 Å². The van der Waals surface area contributed by atoms with Gasteiger partial charge >= 0.3 is 0 Å². The van der Waals surface area contributed by atoms with E-state index in [2.05, 4.69) is 5.32 Å². The van der Waals surface area contributed by atoms with Gasteiger partial charge in [-0.15, -0.1) is 0 Å². The number of hydrogen-bond acceptors (Lipinski definition) is 2. The van der Waals surface area contributed by atoms with E-state index < -0.39 is 0 Å². The Kier molecular flexibility index (Phi) is 5.59. The van der Waals surface area contributed by atoms with Crippen LogP contribution in [-0.4, -0.2) is 6.54 Å². The zero-order valence-electron chi connectivity index (χ0n) is 12.2. The van der Waals surface area contributed by atoms with Crippen LogP contribution in [0.5, 0.6) is 5.75 Å². The summed E-state index contributed by atoms with van der Waals surface area (Å²) >= 11 is 6.05. The highest BCUT2D eigenvalue weighted by Gasteiger charge is 2.10. The lowest BCUT2D eigenvalue weighted by molar-refractivity contribution is 0.290. The minimum Gasteiger partial charge on any atom is -0.486 e. The predicted molar refractivity (Wildman–Crippen MR) is 84.3 cm³/mol. The molecule has 0 aromatic heterocycles. The van der Waals surface area contributed by atoms with Gasteiger partial charge in [-0.2, -0.15) is 0 Å². The van der Waals surface area contributed by atoms with E-state index in [1.54, 1.807) is 12.1 Å². The van der Waals surface area contributed by atoms with Crippen LogP contribution in [0.2, 0.25) is 5.02 Å². The zero-order valence-corrected chi connectivity index (χ0v) is 13.0. The molecule has 0 aliphatic carbocycles. The average Bonchev–Trinajstić information content (AvgIpc) is 2.47. The van der Waals surface area contributed by atoms with Crippen molar-refractivity contribution in [3.8, 4) is 5.75 Å². The van der Waals surface area contributed by atoms with Crippen molar-refractivity contribution in [2.75, 3.05) is 6.54 Å². The maximum absolute atomic E-state index is 14.1. The van der Waals surface area contributed by atoms with Crippen molar-refractivity contribution in [1.29, 1.82) is 0 Å². The number of halogens is 2. The van der Waals surface area contributed by atoms with Crippen molar-refractivity contribution in [2.45, 2.75) is 26.5 Å². The van der Waals surface area contributed by atoms with Crippen molar-refractivity contribution < 1.29 is 9.13 Å². The molecule has 1 N–H and O–H groups in total. The molecule has 1 unspecified atom stereocenters. The Labute approximate surface area is 129 Å². The highest BCUT2D eigenvalue weighted by molar-refractivity contribution is 6.31. The molecule has 2 aromatic carbocycles. The van der Waals surface area contributed by atoms with Crippen molar-refractivity contribution in [1.82, 2.24) is 5.32 Å². The van der Waals surface area contributed by atoms with Gasteiger partial charge in [-0.1, -0.05) is 42.8 Å². The van der Waals surface area contributed by atoms with Gasteiger partial charge in [-0.05, 0) is 37.2 Å². The SMILES string of the molecule is CCNC(C)c1ccc(OCc2ccccc2Cl)c(F)c1. The van der Waals surface area contributed by atoms with Crippen molar-refractivity contribution in [2.24, 2.45) is 0 Å². The standard InChI is InChI=1S/C17H19ClFNO/c1-3-20-12(2)13-8-9-17(16(19)10-13)21-11-14-6-4-5-7-15(14)18/h4-10,12,20H,3,11H2,1-2H3. The van der Waals surface area contributed by atoms with Gasteiger partial charge in [0.15, 0.2) is 11.6 Å². The van der Waals surface area contributed by atoms with E-state index in [-0.39, 0.29) is 24.2 Å². The first-order valence-corrected chi connectivity index (χ1v) is 7.38. The molecule has 0 saturated heterocycles. The molecule has 2 rings (SSSR count). The van der Waals surface area contributed by atoms with Crippen LogP contribution < -0.4 is 10.1 Å². The summed E-state index contributed by atoms with van der Waals surface area (Å²) < 4.78 is 19.6. The van der Waals surface area contributed by atoms with E-state index >= 15 is 0 Å². The Morgan fingerprint density at radius 3 is 2.67 bits per heavy atom. The third kappa shape index (κ3) is 4.19. The van der Waals surface area contributed by atoms with Crippen molar-refractivity contribution in [3.63, 3.8) is 0 Å². The molecule has 0 aliphatic heterocycles. The van der Waals surface area contributed by atoms with Crippen molar-refractivity contribution >= 4 is 11.6 Å². The minimum absolute atomic E-state index is 0.113. The van der Waals surface area contributed by atoms with Gasteiger partial charge in [0, 0.05) is 16.6 Å². The minimum atomic E-state index is -0.357. The van der Waals surface area contributed by atoms with Crippen LogP contribution in [0.1, 0.15) is 31.0 Å². The summed E-state index contributed by atoms with van der Waals surface area (Å²) in [6.07, 6.45) is 0. The molecular formula is C17H19ClFNO. The zero-order chi connectivity index (χ0) is 15.2. The van der Waals surface area contributed by atoms with Crippen LogP contribution in [0.3, 0.4) is 0 Å². The molecular weight excluding hydrogens is 289 g/mol. The summed E-state index contributed by atoms with van der Waals surface area (Å²) in [5, 5.41) is 3.87. The predicted octanol–water partition coefficient (Wildman–Crippen LogP) is 4.73. The van der Waals surface area contributed by atoms with Crippen LogP contribution >= 0.6 is 11.6 Å². The molecule has 4 heteroatoms. The monoisotopic (exact) mass is 307 g/mol. The quantitative estimate of drug-likeness (QED) is 0.833. The molecule has 0 fully saturated rings. The molecule has 21 heavy (non-hydrogen) atoms. The topological polar surface area (TPSA) is 21.3 Å². The molecule has 1 atom stereocenters. The lowest BCUT2D eigenvalue weighted by atomic mass is 10.1. The number of benzene rings is 2. The summed E-state index contributed by atoms with van der Waals surface area (Å²) in [6, 6.07) is 12.5. The molecule has 0 bridgehead atoms. The maximum atomic E-state index is 14.1. The van der Waals surface area contributed by atoms with E-state index in [4.69, 9.17) is 16.3 Å². The van der Waals surface area contributed by atoms with Gasteiger partial charge in [0.25, 0.3) is 0 Å². The number of hydrogen-bond donors (Lipinski definition) is 1. The molecule has 0 heterocycles. The maximum Gasteiger partial charge on any atom is 0.165 e. The van der Waals surface area contributed by atoms with E-state index in [1.807, 2.05) is 38.1 Å². The smallest absolute Gasteiger partial charge is 0.165 e. The summed E-state index contributed by atoms with van der Waals surface area (Å²) in [5.74, 6) is -0.119. The summed E-state index contributed by atoms with van der Waals surface area (Å²) in [4.78, 5) is 0. The van der Waals surface area contributed by atoms with Crippen LogP contribution in [0, 0.1) is 5.82 Å². The normalized spacial score (nSPS) is 12.2. The molecule has 0 amide bonds. The largest absolute Gasteiger partial charge is 0.486 e. The molecule has 0 radical (unpaired) electrons. The summed E-state index contributed by atoms with van der Waals surface area (Å²) in [5.41, 5.74) is 1.74. The third-order valence-corrected chi connectivity index (χ3v) is 3.68. The van der Waals surface area contributed by atoms with Gasteiger partial charge < -0.3 is 10.1 Å². The first kappa shape index (κ1) is 15.8. The Morgan fingerprint density at radius 2 is 2.00 bits per heavy atom. The number of rotatable bonds is 6. The van der Waals surface area contributed by atoms with Gasteiger partial charge in [0.05, 0.1) is 0 Å². The fourth-order valence-electron chi connectivity index (χ4n) is 2.10. The molecule has 112 valence electrons. The Hall–Kier alpha value is -1.58. The van der Waals surface area contributed by atoms with Crippen LogP contribution in [0.4, 0.5) is 4.39 Å². The Morgan fingerprint density at radius 1 is 1.24 bits per heavy atom. The van der Waals surface area contributed by atoms with Crippen LogP contribution in [0.25, 0.3) is 0 Å². The second kappa shape index (κ2) is 7.43. The van der Waals surface area contributed by atoms with E-state index in [0.29, 0.717) is 5.02 Å². The van der Waals surface area contributed by atoms with E-state index in [1.165, 1.54) is 6.07 Å². The molecule has 2 nitrogen and oxygen atoms in total. The van der Waals surface area contributed by atoms with E-state index in [0.717, 1.165) is 17.7 Å². The fourth-order valence-corrected chi connectivity index (χ4v) is 2.29. The first-order chi connectivity index (χ1) is 10.1. The number of ether oxygens (including phenoxy) is 1. The molecule has 0 aliphatic rings. The summed E-state index contributed by atoms with van der Waals surface area (Å²) in [6.45, 7) is 5.11. The first-order valence-electron chi connectivity index (χ1n) is 7.01.